The fraction of sp³-hybridized carbons (Fsp3) is 0.176. The van der Waals surface area contributed by atoms with Gasteiger partial charge in [-0.3, -0.25) is 13.8 Å². The maximum atomic E-state index is 13.1. The van der Waals surface area contributed by atoms with E-state index in [1.165, 1.54) is 8.97 Å². The molecule has 11 heteroatoms. The van der Waals surface area contributed by atoms with Gasteiger partial charge in [0.05, 0.1) is 27.2 Å². The summed E-state index contributed by atoms with van der Waals surface area (Å²) >= 11 is 7.03. The van der Waals surface area contributed by atoms with E-state index in [9.17, 15) is 18.0 Å². The van der Waals surface area contributed by atoms with Gasteiger partial charge in [0.15, 0.2) is 10.8 Å². The quantitative estimate of drug-likeness (QED) is 0.465. The van der Waals surface area contributed by atoms with E-state index in [0.29, 0.717) is 16.7 Å². The lowest BCUT2D eigenvalue weighted by Gasteiger charge is -2.10. The molecule has 1 aromatic carbocycles. The third-order valence-electron chi connectivity index (χ3n) is 4.16. The summed E-state index contributed by atoms with van der Waals surface area (Å²) in [5.74, 6) is 0.675. The van der Waals surface area contributed by atoms with E-state index in [1.54, 1.807) is 31.3 Å². The summed E-state index contributed by atoms with van der Waals surface area (Å²) in [6.45, 7) is 0. The van der Waals surface area contributed by atoms with Crippen LogP contribution in [-0.4, -0.2) is 24.1 Å². The summed E-state index contributed by atoms with van der Waals surface area (Å²) < 4.78 is 41.8. The minimum absolute atomic E-state index is 0.123. The lowest BCUT2D eigenvalue weighted by Crippen LogP contribution is -2.21. The predicted octanol–water partition coefficient (Wildman–Crippen LogP) is 3.94. The van der Waals surface area contributed by atoms with Crippen LogP contribution in [0.25, 0.3) is 16.6 Å². The van der Waals surface area contributed by atoms with Crippen molar-refractivity contribution in [1.82, 2.24) is 24.1 Å². The number of nitrogens with zero attached hydrogens (tertiary/aromatic N) is 5. The number of halogens is 4. The van der Waals surface area contributed by atoms with Gasteiger partial charge in [0.25, 0.3) is 5.56 Å². The zero-order valence-electron chi connectivity index (χ0n) is 14.2. The number of aromatic nitrogens is 5. The number of hydrogen-bond acceptors (Lipinski definition) is 5. The van der Waals surface area contributed by atoms with Crippen LogP contribution in [0.3, 0.4) is 0 Å². The fourth-order valence-corrected chi connectivity index (χ4v) is 3.85. The monoisotopic (exact) mass is 425 g/mol. The molecule has 144 valence electrons. The van der Waals surface area contributed by atoms with Crippen molar-refractivity contribution in [2.24, 2.45) is 7.05 Å². The van der Waals surface area contributed by atoms with Crippen LogP contribution in [0.2, 0.25) is 5.02 Å². The Bertz CT molecular complexity index is 1270. The Morgan fingerprint density at radius 2 is 1.96 bits per heavy atom. The molecular formula is C17H11ClF3N5OS. The molecule has 3 heterocycles. The Morgan fingerprint density at radius 1 is 1.21 bits per heavy atom. The Kier molecular flexibility index (Phi) is 4.54. The molecule has 0 N–H and O–H groups in total. The van der Waals surface area contributed by atoms with Gasteiger partial charge in [0, 0.05) is 13.2 Å². The Morgan fingerprint density at radius 3 is 2.71 bits per heavy atom. The summed E-state index contributed by atoms with van der Waals surface area (Å²) in [7, 11) is 1.60. The number of benzene rings is 1. The van der Waals surface area contributed by atoms with Crippen molar-refractivity contribution < 1.29 is 13.2 Å². The summed E-state index contributed by atoms with van der Waals surface area (Å²) in [5.41, 5.74) is -0.426. The van der Waals surface area contributed by atoms with Crippen LogP contribution < -0.4 is 5.56 Å². The van der Waals surface area contributed by atoms with Gasteiger partial charge in [-0.2, -0.15) is 13.2 Å². The standard InChI is InChI=1S/C17H11ClF3N5OS/c1-25-13(22-12-5-3-2-4-10(12)15(25)27)8-28-16-24-23-14-11(18)6-9(7-26(14)16)17(19,20)21/h2-7H,8H2,1H3. The number of hydrogen-bond donors (Lipinski definition) is 0. The van der Waals surface area contributed by atoms with E-state index in [4.69, 9.17) is 11.6 Å². The van der Waals surface area contributed by atoms with E-state index in [0.717, 1.165) is 24.0 Å². The first-order chi connectivity index (χ1) is 13.3. The lowest BCUT2D eigenvalue weighted by molar-refractivity contribution is -0.137. The van der Waals surface area contributed by atoms with Crippen LogP contribution in [0.1, 0.15) is 11.4 Å². The van der Waals surface area contributed by atoms with Crippen LogP contribution in [0, 0.1) is 0 Å². The maximum Gasteiger partial charge on any atom is 0.417 e. The van der Waals surface area contributed by atoms with Crippen LogP contribution in [0.5, 0.6) is 0 Å². The van der Waals surface area contributed by atoms with E-state index >= 15 is 0 Å². The molecule has 0 fully saturated rings. The summed E-state index contributed by atoms with van der Waals surface area (Å²) in [6, 6.07) is 7.76. The van der Waals surface area contributed by atoms with Gasteiger partial charge < -0.3 is 0 Å². The minimum Gasteiger partial charge on any atom is -0.299 e. The average Bonchev–Trinajstić information content (AvgIpc) is 3.06. The smallest absolute Gasteiger partial charge is 0.299 e. The molecule has 0 aliphatic heterocycles. The molecule has 0 radical (unpaired) electrons. The molecule has 0 spiro atoms. The molecule has 0 aliphatic carbocycles. The number of para-hydroxylation sites is 1. The van der Waals surface area contributed by atoms with Crippen LogP contribution in [0.15, 0.2) is 46.5 Å². The molecule has 0 saturated carbocycles. The summed E-state index contributed by atoms with van der Waals surface area (Å²) in [4.78, 5) is 16.9. The van der Waals surface area contributed by atoms with Gasteiger partial charge in [0.1, 0.15) is 5.82 Å². The molecule has 28 heavy (non-hydrogen) atoms. The average molecular weight is 426 g/mol. The van der Waals surface area contributed by atoms with Gasteiger partial charge in [-0.1, -0.05) is 35.5 Å². The SMILES string of the molecule is Cn1c(CSc2nnc3c(Cl)cc(C(F)(F)F)cn23)nc2ccccc2c1=O. The normalized spacial score (nSPS) is 12.2. The third-order valence-corrected chi connectivity index (χ3v) is 5.38. The van der Waals surface area contributed by atoms with Gasteiger partial charge >= 0.3 is 6.18 Å². The first kappa shape index (κ1) is 18.8. The van der Waals surface area contributed by atoms with E-state index < -0.39 is 11.7 Å². The molecule has 0 atom stereocenters. The molecule has 3 aromatic heterocycles. The second-order valence-corrected chi connectivity index (χ2v) is 7.30. The van der Waals surface area contributed by atoms with E-state index in [-0.39, 0.29) is 27.1 Å². The number of rotatable bonds is 3. The molecule has 0 bridgehead atoms. The van der Waals surface area contributed by atoms with E-state index in [1.807, 2.05) is 0 Å². The van der Waals surface area contributed by atoms with Crippen LogP contribution in [-0.2, 0) is 19.0 Å². The van der Waals surface area contributed by atoms with Crippen molar-refractivity contribution in [1.29, 1.82) is 0 Å². The van der Waals surface area contributed by atoms with Crippen molar-refractivity contribution in [3.63, 3.8) is 0 Å². The van der Waals surface area contributed by atoms with Crippen molar-refractivity contribution in [2.45, 2.75) is 17.1 Å². The highest BCUT2D eigenvalue weighted by Crippen LogP contribution is 2.33. The van der Waals surface area contributed by atoms with Crippen LogP contribution >= 0.6 is 23.4 Å². The topological polar surface area (TPSA) is 65.1 Å². The fourth-order valence-electron chi connectivity index (χ4n) is 2.71. The summed E-state index contributed by atoms with van der Waals surface area (Å²) in [6.07, 6.45) is -3.65. The summed E-state index contributed by atoms with van der Waals surface area (Å²) in [5, 5.41) is 8.32. The number of pyridine rings is 1. The first-order valence-corrected chi connectivity index (χ1v) is 9.31. The maximum absolute atomic E-state index is 13.1. The van der Waals surface area contributed by atoms with E-state index in [2.05, 4.69) is 15.2 Å². The Hall–Kier alpha value is -2.59. The van der Waals surface area contributed by atoms with Crippen molar-refractivity contribution >= 4 is 39.9 Å². The van der Waals surface area contributed by atoms with Gasteiger partial charge in [-0.05, 0) is 18.2 Å². The van der Waals surface area contributed by atoms with Gasteiger partial charge in [-0.25, -0.2) is 4.98 Å². The largest absolute Gasteiger partial charge is 0.417 e. The van der Waals surface area contributed by atoms with Gasteiger partial charge in [-0.15, -0.1) is 10.2 Å². The second kappa shape index (κ2) is 6.78. The highest BCUT2D eigenvalue weighted by molar-refractivity contribution is 7.98. The number of alkyl halides is 3. The second-order valence-electron chi connectivity index (χ2n) is 5.95. The zero-order chi connectivity index (χ0) is 20.1. The zero-order valence-corrected chi connectivity index (χ0v) is 15.8. The molecule has 0 saturated heterocycles. The molecule has 6 nitrogen and oxygen atoms in total. The highest BCUT2D eigenvalue weighted by Gasteiger charge is 2.32. The van der Waals surface area contributed by atoms with Crippen molar-refractivity contribution in [2.75, 3.05) is 0 Å². The molecular weight excluding hydrogens is 415 g/mol. The Labute approximate surface area is 165 Å². The minimum atomic E-state index is -4.55. The molecule has 0 amide bonds. The highest BCUT2D eigenvalue weighted by atomic mass is 35.5. The molecule has 0 unspecified atom stereocenters. The number of fused-ring (bicyclic) bond motifs is 2. The number of thioether (sulfide) groups is 1. The molecule has 4 rings (SSSR count). The Balaban J connectivity index is 1.72. The molecule has 4 aromatic rings. The van der Waals surface area contributed by atoms with Crippen LogP contribution in [0.4, 0.5) is 13.2 Å². The molecule has 0 aliphatic rings. The van der Waals surface area contributed by atoms with Gasteiger partial charge in [0.2, 0.25) is 0 Å². The predicted molar refractivity (Wildman–Crippen MR) is 99.5 cm³/mol. The van der Waals surface area contributed by atoms with Crippen molar-refractivity contribution in [3.05, 3.63) is 63.3 Å². The third kappa shape index (κ3) is 3.22. The first-order valence-electron chi connectivity index (χ1n) is 7.94. The van der Waals surface area contributed by atoms with Crippen molar-refractivity contribution in [3.8, 4) is 0 Å². The lowest BCUT2D eigenvalue weighted by atomic mass is 10.2.